The van der Waals surface area contributed by atoms with Crippen LogP contribution in [0.3, 0.4) is 0 Å². The van der Waals surface area contributed by atoms with Crippen molar-refractivity contribution in [3.63, 3.8) is 0 Å². The number of pyridine rings is 1. The predicted molar refractivity (Wildman–Crippen MR) is 128 cm³/mol. The summed E-state index contributed by atoms with van der Waals surface area (Å²) in [5.41, 5.74) is 3.50. The Balaban J connectivity index is 1.68. The highest BCUT2D eigenvalue weighted by atomic mass is 35.5. The molecule has 34 heavy (non-hydrogen) atoms. The van der Waals surface area contributed by atoms with Crippen LogP contribution in [0.1, 0.15) is 36.7 Å². The second-order valence-corrected chi connectivity index (χ2v) is 8.45. The molecule has 4 rings (SSSR count). The molecule has 2 heterocycles. The molecule has 0 spiro atoms. The van der Waals surface area contributed by atoms with E-state index in [-0.39, 0.29) is 6.61 Å². The van der Waals surface area contributed by atoms with Crippen LogP contribution in [0.25, 0.3) is 16.6 Å². The summed E-state index contributed by atoms with van der Waals surface area (Å²) in [7, 11) is 0. The molecule has 176 valence electrons. The lowest BCUT2D eigenvalue weighted by atomic mass is 10.0. The van der Waals surface area contributed by atoms with Crippen LogP contribution in [-0.2, 0) is 11.4 Å². The predicted octanol–water partition coefficient (Wildman–Crippen LogP) is 4.66. The Kier molecular flexibility index (Phi) is 6.81. The van der Waals surface area contributed by atoms with E-state index in [9.17, 15) is 14.3 Å². The maximum absolute atomic E-state index is 13.6. The minimum Gasteiger partial charge on any atom is -0.487 e. The third kappa shape index (κ3) is 4.88. The Morgan fingerprint density at radius 2 is 2.03 bits per heavy atom. The van der Waals surface area contributed by atoms with E-state index in [1.54, 1.807) is 18.2 Å². The molecule has 0 aliphatic rings. The zero-order chi connectivity index (χ0) is 24.4. The first kappa shape index (κ1) is 23.7. The molecule has 0 saturated heterocycles. The number of carbonyl (C=O) groups is 1. The highest BCUT2D eigenvalue weighted by molar-refractivity contribution is 6.31. The van der Waals surface area contributed by atoms with Crippen LogP contribution in [0.15, 0.2) is 54.9 Å². The van der Waals surface area contributed by atoms with E-state index >= 15 is 0 Å². The highest BCUT2D eigenvalue weighted by Gasteiger charge is 2.19. The van der Waals surface area contributed by atoms with E-state index in [0.29, 0.717) is 27.5 Å². The lowest BCUT2D eigenvalue weighted by molar-refractivity contribution is -0.129. The fourth-order valence-corrected chi connectivity index (χ4v) is 4.00. The quantitative estimate of drug-likeness (QED) is 0.400. The van der Waals surface area contributed by atoms with Crippen LogP contribution >= 0.6 is 11.6 Å². The number of nitrogens with one attached hydrogen (secondary N) is 1. The van der Waals surface area contributed by atoms with Gasteiger partial charge in [0.05, 0.1) is 24.1 Å². The number of aliphatic hydroxyl groups is 1. The summed E-state index contributed by atoms with van der Waals surface area (Å²) in [5, 5.41) is 17.6. The number of halogens is 2. The van der Waals surface area contributed by atoms with Crippen molar-refractivity contribution in [3.05, 3.63) is 82.5 Å². The summed E-state index contributed by atoms with van der Waals surface area (Å²) in [5.74, 6) is -0.379. The minimum absolute atomic E-state index is 0.129. The van der Waals surface area contributed by atoms with E-state index in [0.717, 1.165) is 22.8 Å². The van der Waals surface area contributed by atoms with Crippen molar-refractivity contribution >= 4 is 28.4 Å². The first-order valence-electron chi connectivity index (χ1n) is 10.7. The highest BCUT2D eigenvalue weighted by Crippen LogP contribution is 2.32. The molecule has 0 radical (unpaired) electrons. The molecule has 0 aliphatic heterocycles. The normalized spacial score (nSPS) is 13.0. The van der Waals surface area contributed by atoms with E-state index in [4.69, 9.17) is 16.3 Å². The van der Waals surface area contributed by atoms with Crippen molar-refractivity contribution < 1.29 is 19.0 Å². The molecule has 0 fully saturated rings. The zero-order valence-corrected chi connectivity index (χ0v) is 19.7. The van der Waals surface area contributed by atoms with Gasteiger partial charge in [-0.3, -0.25) is 4.79 Å². The third-order valence-corrected chi connectivity index (χ3v) is 5.79. The number of hydrogen-bond donors (Lipinski definition) is 2. The van der Waals surface area contributed by atoms with Gasteiger partial charge >= 0.3 is 0 Å². The molecule has 0 aliphatic carbocycles. The van der Waals surface area contributed by atoms with Crippen molar-refractivity contribution in [2.75, 3.05) is 0 Å². The summed E-state index contributed by atoms with van der Waals surface area (Å²) < 4.78 is 21.2. The summed E-state index contributed by atoms with van der Waals surface area (Å²) in [4.78, 5) is 16.6. The molecule has 2 N–H and O–H groups in total. The lowest BCUT2D eigenvalue weighted by Gasteiger charge is -2.20. The number of rotatable bonds is 7. The number of aromatic nitrogens is 3. The molecule has 2 aromatic carbocycles. The number of aryl methyl sites for hydroxylation is 1. The maximum atomic E-state index is 13.6. The van der Waals surface area contributed by atoms with Gasteiger partial charge in [0.25, 0.3) is 0 Å². The molecule has 1 amide bonds. The molecule has 2 unspecified atom stereocenters. The molecule has 4 aromatic rings. The molecule has 9 heteroatoms. The second-order valence-electron chi connectivity index (χ2n) is 8.04. The average Bonchev–Trinajstić information content (AvgIpc) is 3.23. The molecule has 2 atom stereocenters. The fourth-order valence-electron chi connectivity index (χ4n) is 3.76. The number of aliphatic hydroxyl groups excluding tert-OH is 1. The van der Waals surface area contributed by atoms with Crippen LogP contribution in [0, 0.1) is 12.7 Å². The van der Waals surface area contributed by atoms with Gasteiger partial charge in [0, 0.05) is 21.7 Å². The Morgan fingerprint density at radius 1 is 1.26 bits per heavy atom. The Morgan fingerprint density at radius 3 is 2.74 bits per heavy atom. The number of ether oxygens (including phenoxy) is 1. The van der Waals surface area contributed by atoms with Crippen LogP contribution in [-0.4, -0.2) is 31.9 Å². The number of amides is 1. The SMILES string of the molecule is Cc1cc(-n2cc(F)cn2)c2cccc(OCc3c(Cl)cccc3C(C)NC(=O)C(C)O)c2n1. The van der Waals surface area contributed by atoms with Crippen molar-refractivity contribution in [3.8, 4) is 11.4 Å². The summed E-state index contributed by atoms with van der Waals surface area (Å²) in [6.07, 6.45) is 1.34. The van der Waals surface area contributed by atoms with Gasteiger partial charge in [-0.1, -0.05) is 35.9 Å². The Labute approximate surface area is 201 Å². The van der Waals surface area contributed by atoms with Gasteiger partial charge in [0.1, 0.15) is 24.0 Å². The molecule has 7 nitrogen and oxygen atoms in total. The van der Waals surface area contributed by atoms with Crippen molar-refractivity contribution in [2.24, 2.45) is 0 Å². The summed E-state index contributed by atoms with van der Waals surface area (Å²) >= 11 is 6.49. The van der Waals surface area contributed by atoms with Gasteiger partial charge in [-0.05, 0) is 44.5 Å². The van der Waals surface area contributed by atoms with Gasteiger partial charge < -0.3 is 15.2 Å². The molecule has 0 saturated carbocycles. The molecule has 2 aromatic heterocycles. The smallest absolute Gasteiger partial charge is 0.249 e. The first-order valence-corrected chi connectivity index (χ1v) is 11.1. The summed E-state index contributed by atoms with van der Waals surface area (Å²) in [6.45, 7) is 5.20. The first-order chi connectivity index (χ1) is 16.2. The van der Waals surface area contributed by atoms with E-state index in [2.05, 4.69) is 15.4 Å². The second kappa shape index (κ2) is 9.79. The third-order valence-electron chi connectivity index (χ3n) is 5.44. The van der Waals surface area contributed by atoms with Gasteiger partial charge in [0.15, 0.2) is 5.82 Å². The van der Waals surface area contributed by atoms with Gasteiger partial charge in [-0.15, -0.1) is 0 Å². The van der Waals surface area contributed by atoms with E-state index < -0.39 is 23.9 Å². The van der Waals surface area contributed by atoms with Crippen LogP contribution < -0.4 is 10.1 Å². The lowest BCUT2D eigenvalue weighted by Crippen LogP contribution is -2.34. The van der Waals surface area contributed by atoms with Crippen molar-refractivity contribution in [1.82, 2.24) is 20.1 Å². The number of nitrogens with zero attached hydrogens (tertiary/aromatic N) is 3. The largest absolute Gasteiger partial charge is 0.487 e. The van der Waals surface area contributed by atoms with Gasteiger partial charge in [-0.2, -0.15) is 5.10 Å². The van der Waals surface area contributed by atoms with Crippen LogP contribution in [0.2, 0.25) is 5.02 Å². The molecular formula is C25H24ClFN4O3. The number of hydrogen-bond acceptors (Lipinski definition) is 5. The van der Waals surface area contributed by atoms with Crippen molar-refractivity contribution in [2.45, 2.75) is 39.5 Å². The minimum atomic E-state index is -1.12. The monoisotopic (exact) mass is 482 g/mol. The topological polar surface area (TPSA) is 89.3 Å². The number of para-hydroxylation sites is 1. The Hall–Kier alpha value is -3.49. The number of fused-ring (bicyclic) bond motifs is 1. The average molecular weight is 483 g/mol. The van der Waals surface area contributed by atoms with Gasteiger partial charge in [0.2, 0.25) is 5.91 Å². The van der Waals surface area contributed by atoms with E-state index in [1.807, 2.05) is 38.1 Å². The fraction of sp³-hybridized carbons (Fsp3) is 0.240. The number of carbonyl (C=O) groups excluding carboxylic acids is 1. The molecular weight excluding hydrogens is 459 g/mol. The van der Waals surface area contributed by atoms with Gasteiger partial charge in [-0.25, -0.2) is 14.1 Å². The molecule has 0 bridgehead atoms. The zero-order valence-electron chi connectivity index (χ0n) is 18.9. The van der Waals surface area contributed by atoms with Crippen LogP contribution in [0.5, 0.6) is 5.75 Å². The van der Waals surface area contributed by atoms with Crippen molar-refractivity contribution in [1.29, 1.82) is 0 Å². The standard InChI is InChI=1S/C25H24ClFN4O3/c1-14-10-22(31-12-17(27)11-28-31)19-7-5-9-23(24(19)29-14)34-13-20-18(6-4-8-21(20)26)15(2)30-25(33)16(3)32/h4-12,15-16,32H,13H2,1-3H3,(H,30,33). The summed E-state index contributed by atoms with van der Waals surface area (Å²) in [6, 6.07) is 12.3. The Bertz CT molecular complexity index is 1360. The maximum Gasteiger partial charge on any atom is 0.249 e. The van der Waals surface area contributed by atoms with E-state index in [1.165, 1.54) is 17.8 Å². The van der Waals surface area contributed by atoms with Crippen LogP contribution in [0.4, 0.5) is 4.39 Å². The number of benzene rings is 2.